The first-order valence-corrected chi connectivity index (χ1v) is 5.58. The van der Waals surface area contributed by atoms with Gasteiger partial charge in [0.05, 0.1) is 5.52 Å². The van der Waals surface area contributed by atoms with Crippen molar-refractivity contribution in [2.45, 2.75) is 6.92 Å². The summed E-state index contributed by atoms with van der Waals surface area (Å²) in [6, 6.07) is 3.98. The van der Waals surface area contributed by atoms with Crippen molar-refractivity contribution in [3.8, 4) is 0 Å². The molecule has 0 fully saturated rings. The van der Waals surface area contributed by atoms with Crippen molar-refractivity contribution in [3.63, 3.8) is 0 Å². The summed E-state index contributed by atoms with van der Waals surface area (Å²) < 4.78 is 3.04. The molecule has 0 aliphatic rings. The molecule has 6 heteroatoms. The van der Waals surface area contributed by atoms with Gasteiger partial charge in [-0.3, -0.25) is 5.10 Å². The molecule has 0 bridgehead atoms. The van der Waals surface area contributed by atoms with Gasteiger partial charge in [0.1, 0.15) is 4.64 Å². The van der Waals surface area contributed by atoms with Gasteiger partial charge in [0.25, 0.3) is 0 Å². The number of rotatable bonds is 0. The van der Waals surface area contributed by atoms with E-state index in [2.05, 4.69) is 15.1 Å². The first-order valence-electron chi connectivity index (χ1n) is 4.76. The minimum atomic E-state index is 0.479. The van der Waals surface area contributed by atoms with E-state index < -0.39 is 0 Å². The van der Waals surface area contributed by atoms with Gasteiger partial charge in [-0.2, -0.15) is 4.98 Å². The first-order chi connectivity index (χ1) is 7.65. The Labute approximate surface area is 101 Å². The Balaban J connectivity index is 2.64. The van der Waals surface area contributed by atoms with Gasteiger partial charge in [-0.05, 0) is 36.8 Å². The molecule has 16 heavy (non-hydrogen) atoms. The van der Waals surface area contributed by atoms with Crippen LogP contribution < -0.4 is 0 Å². The van der Waals surface area contributed by atoms with E-state index in [0.29, 0.717) is 4.77 Å². The molecular formula is C10H8N4S2. The van der Waals surface area contributed by atoms with Gasteiger partial charge in [0, 0.05) is 11.6 Å². The van der Waals surface area contributed by atoms with Crippen LogP contribution in [0.1, 0.15) is 5.56 Å². The summed E-state index contributed by atoms with van der Waals surface area (Å²) in [5.74, 6) is 0. The molecule has 0 spiro atoms. The van der Waals surface area contributed by atoms with Crippen LogP contribution in [0.3, 0.4) is 0 Å². The standard InChI is InChI=1S/C10H8N4S2/c1-5-4-6-7(11-9(5)15)2-3-14-8(6)12-10(16)13-14/h2-4H,1H3,(H,11,15)(H,13,16). The number of pyridine rings is 2. The molecule has 0 aliphatic carbocycles. The van der Waals surface area contributed by atoms with Crippen LogP contribution in [0.5, 0.6) is 0 Å². The lowest BCUT2D eigenvalue weighted by atomic mass is 10.2. The number of fused-ring (bicyclic) bond motifs is 3. The fraction of sp³-hybridized carbons (Fsp3) is 0.100. The Morgan fingerprint density at radius 3 is 3.00 bits per heavy atom. The lowest BCUT2D eigenvalue weighted by molar-refractivity contribution is 0.956. The molecule has 0 amide bonds. The van der Waals surface area contributed by atoms with Gasteiger partial charge < -0.3 is 4.98 Å². The van der Waals surface area contributed by atoms with E-state index >= 15 is 0 Å². The lowest BCUT2D eigenvalue weighted by Crippen LogP contribution is -1.91. The monoisotopic (exact) mass is 248 g/mol. The Bertz CT molecular complexity index is 809. The zero-order chi connectivity index (χ0) is 11.3. The zero-order valence-electron chi connectivity index (χ0n) is 8.44. The van der Waals surface area contributed by atoms with Gasteiger partial charge in [-0.15, -0.1) is 0 Å². The van der Waals surface area contributed by atoms with Crippen molar-refractivity contribution in [3.05, 3.63) is 33.3 Å². The predicted octanol–water partition coefficient (Wildman–Crippen LogP) is 2.91. The van der Waals surface area contributed by atoms with Gasteiger partial charge >= 0.3 is 0 Å². The van der Waals surface area contributed by atoms with E-state index in [1.54, 1.807) is 4.52 Å². The molecule has 0 unspecified atom stereocenters. The minimum absolute atomic E-state index is 0.479. The molecule has 2 N–H and O–H groups in total. The fourth-order valence-electron chi connectivity index (χ4n) is 1.74. The highest BCUT2D eigenvalue weighted by molar-refractivity contribution is 7.71. The number of aryl methyl sites for hydroxylation is 1. The second-order valence-corrected chi connectivity index (χ2v) is 4.44. The van der Waals surface area contributed by atoms with Crippen molar-refractivity contribution < 1.29 is 0 Å². The first kappa shape index (κ1) is 9.68. The van der Waals surface area contributed by atoms with E-state index in [1.165, 1.54) is 0 Å². The van der Waals surface area contributed by atoms with Crippen LogP contribution in [0, 0.1) is 16.3 Å². The zero-order valence-corrected chi connectivity index (χ0v) is 10.1. The molecule has 3 heterocycles. The molecule has 3 aromatic rings. The highest BCUT2D eigenvalue weighted by atomic mass is 32.1. The summed E-state index contributed by atoms with van der Waals surface area (Å²) in [5.41, 5.74) is 2.82. The smallest absolute Gasteiger partial charge is 0.214 e. The maximum Gasteiger partial charge on any atom is 0.214 e. The number of H-pyrrole nitrogens is 2. The number of nitrogens with one attached hydrogen (secondary N) is 2. The number of hydrogen-bond acceptors (Lipinski definition) is 3. The number of hydrogen-bond donors (Lipinski definition) is 2. The molecule has 3 aromatic heterocycles. The summed E-state index contributed by atoms with van der Waals surface area (Å²) in [6.45, 7) is 1.98. The summed E-state index contributed by atoms with van der Waals surface area (Å²) in [5, 5.41) is 3.98. The topological polar surface area (TPSA) is 48.9 Å². The summed E-state index contributed by atoms with van der Waals surface area (Å²) in [6.07, 6.45) is 1.88. The second kappa shape index (κ2) is 3.23. The van der Waals surface area contributed by atoms with E-state index in [1.807, 2.05) is 25.3 Å². The van der Waals surface area contributed by atoms with Gasteiger partial charge in [0.2, 0.25) is 4.77 Å². The Morgan fingerprint density at radius 2 is 2.19 bits per heavy atom. The SMILES string of the molecule is Cc1cc2c(ccn3[nH]c(=S)nc23)[nH]c1=S. The van der Waals surface area contributed by atoms with Crippen molar-refractivity contribution in [1.29, 1.82) is 0 Å². The minimum Gasteiger partial charge on any atom is -0.346 e. The van der Waals surface area contributed by atoms with Crippen LogP contribution in [0.2, 0.25) is 0 Å². The van der Waals surface area contributed by atoms with Crippen molar-refractivity contribution in [1.82, 2.24) is 19.6 Å². The Morgan fingerprint density at radius 1 is 1.38 bits per heavy atom. The molecular weight excluding hydrogens is 240 g/mol. The summed E-state index contributed by atoms with van der Waals surface area (Å²) in [7, 11) is 0. The van der Waals surface area contributed by atoms with E-state index in [0.717, 1.165) is 26.8 Å². The maximum atomic E-state index is 5.20. The third-order valence-corrected chi connectivity index (χ3v) is 3.15. The molecule has 0 saturated carbocycles. The van der Waals surface area contributed by atoms with Gasteiger partial charge in [0.15, 0.2) is 5.65 Å². The van der Waals surface area contributed by atoms with Crippen LogP contribution in [0.15, 0.2) is 18.3 Å². The highest BCUT2D eigenvalue weighted by Gasteiger charge is 2.04. The maximum absolute atomic E-state index is 5.20. The van der Waals surface area contributed by atoms with E-state index in [4.69, 9.17) is 24.4 Å². The van der Waals surface area contributed by atoms with Gasteiger partial charge in [-0.1, -0.05) is 12.2 Å². The second-order valence-electron chi connectivity index (χ2n) is 3.65. The van der Waals surface area contributed by atoms with Crippen LogP contribution >= 0.6 is 24.4 Å². The summed E-state index contributed by atoms with van der Waals surface area (Å²) in [4.78, 5) is 7.45. The number of aromatic nitrogens is 4. The van der Waals surface area contributed by atoms with Crippen LogP contribution in [0.25, 0.3) is 16.6 Å². The molecule has 3 rings (SSSR count). The van der Waals surface area contributed by atoms with Crippen molar-refractivity contribution >= 4 is 41.0 Å². The van der Waals surface area contributed by atoms with Crippen LogP contribution in [-0.4, -0.2) is 19.6 Å². The summed E-state index contributed by atoms with van der Waals surface area (Å²) >= 11 is 10.2. The van der Waals surface area contributed by atoms with E-state index in [-0.39, 0.29) is 0 Å². The molecule has 4 nitrogen and oxygen atoms in total. The normalized spacial score (nSPS) is 11.3. The molecule has 0 atom stereocenters. The van der Waals surface area contributed by atoms with E-state index in [9.17, 15) is 0 Å². The molecule has 0 aliphatic heterocycles. The Kier molecular flexibility index (Phi) is 1.95. The third kappa shape index (κ3) is 1.30. The largest absolute Gasteiger partial charge is 0.346 e. The van der Waals surface area contributed by atoms with Crippen molar-refractivity contribution in [2.75, 3.05) is 0 Å². The molecule has 0 aromatic carbocycles. The molecule has 0 saturated heterocycles. The van der Waals surface area contributed by atoms with Gasteiger partial charge in [-0.25, -0.2) is 4.52 Å². The van der Waals surface area contributed by atoms with Crippen LogP contribution in [0.4, 0.5) is 0 Å². The Hall–Kier alpha value is -1.53. The average Bonchev–Trinajstić information content (AvgIpc) is 2.61. The average molecular weight is 248 g/mol. The molecule has 0 radical (unpaired) electrons. The number of aromatic amines is 2. The quantitative estimate of drug-likeness (QED) is 0.601. The number of nitrogens with zero attached hydrogens (tertiary/aromatic N) is 2. The third-order valence-electron chi connectivity index (χ3n) is 2.54. The predicted molar refractivity (Wildman–Crippen MR) is 67.8 cm³/mol. The molecule has 80 valence electrons. The van der Waals surface area contributed by atoms with Crippen LogP contribution in [-0.2, 0) is 0 Å². The lowest BCUT2D eigenvalue weighted by Gasteiger charge is -2.02. The fourth-order valence-corrected chi connectivity index (χ4v) is 2.10. The highest BCUT2D eigenvalue weighted by Crippen LogP contribution is 2.18. The van der Waals surface area contributed by atoms with Crippen molar-refractivity contribution in [2.24, 2.45) is 0 Å².